The summed E-state index contributed by atoms with van der Waals surface area (Å²) in [4.78, 5) is 20.1. The van der Waals surface area contributed by atoms with Crippen molar-refractivity contribution < 1.29 is 4.79 Å². The number of hydrogen-bond donors (Lipinski definition) is 3. The Bertz CT molecular complexity index is 445. The summed E-state index contributed by atoms with van der Waals surface area (Å²) in [6.07, 6.45) is 1.74. The van der Waals surface area contributed by atoms with Crippen molar-refractivity contribution in [2.75, 3.05) is 17.2 Å². The van der Waals surface area contributed by atoms with Gasteiger partial charge >= 0.3 is 0 Å². The first kappa shape index (κ1) is 15.2. The number of anilines is 2. The minimum Gasteiger partial charge on any atom is -0.370 e. The summed E-state index contributed by atoms with van der Waals surface area (Å²) in [5.41, 5.74) is 4.50. The number of aromatic nitrogens is 2. The summed E-state index contributed by atoms with van der Waals surface area (Å²) < 4.78 is 0. The Hall–Kier alpha value is -1.85. The molecule has 1 amide bonds. The fraction of sp³-hybridized carbons (Fsp3) is 0.615. The lowest BCUT2D eigenvalue weighted by Gasteiger charge is -2.23. The van der Waals surface area contributed by atoms with E-state index in [0.29, 0.717) is 5.82 Å². The second kappa shape index (κ2) is 6.36. The lowest BCUT2D eigenvalue weighted by atomic mass is 10.1. The third-order valence-electron chi connectivity index (χ3n) is 2.70. The second-order valence-electron chi connectivity index (χ2n) is 4.95. The highest BCUT2D eigenvalue weighted by Crippen LogP contribution is 2.16. The number of nitrogens with one attached hydrogen (secondary N) is 2. The largest absolute Gasteiger partial charge is 0.370 e. The number of hydrogen-bond acceptors (Lipinski definition) is 5. The van der Waals surface area contributed by atoms with Crippen LogP contribution in [0.3, 0.4) is 0 Å². The smallest absolute Gasteiger partial charge is 0.242 e. The third-order valence-corrected chi connectivity index (χ3v) is 2.70. The van der Waals surface area contributed by atoms with Crippen molar-refractivity contribution >= 4 is 17.5 Å². The molecule has 0 unspecified atom stereocenters. The SMILES string of the molecule is CCCNc1cc(NC(C)(C)C(N)=O)nc(CC)n1. The van der Waals surface area contributed by atoms with E-state index < -0.39 is 11.4 Å². The van der Waals surface area contributed by atoms with Crippen molar-refractivity contribution in [1.82, 2.24) is 9.97 Å². The molecule has 0 atom stereocenters. The van der Waals surface area contributed by atoms with Crippen LogP contribution in [0.4, 0.5) is 11.6 Å². The molecule has 0 aromatic carbocycles. The molecule has 0 saturated carbocycles. The fourth-order valence-electron chi connectivity index (χ4n) is 1.44. The van der Waals surface area contributed by atoms with Gasteiger partial charge in [0.2, 0.25) is 5.91 Å². The van der Waals surface area contributed by atoms with Gasteiger partial charge in [-0.3, -0.25) is 4.79 Å². The van der Waals surface area contributed by atoms with Crippen molar-refractivity contribution in [3.8, 4) is 0 Å². The normalized spacial score (nSPS) is 11.2. The van der Waals surface area contributed by atoms with Crippen LogP contribution in [0.15, 0.2) is 6.07 Å². The topological polar surface area (TPSA) is 92.9 Å². The highest BCUT2D eigenvalue weighted by molar-refractivity contribution is 5.86. The van der Waals surface area contributed by atoms with E-state index in [1.807, 2.05) is 6.92 Å². The molecule has 0 bridgehead atoms. The first-order valence-electron chi connectivity index (χ1n) is 6.59. The fourth-order valence-corrected chi connectivity index (χ4v) is 1.44. The van der Waals surface area contributed by atoms with Crippen LogP contribution in [0.5, 0.6) is 0 Å². The van der Waals surface area contributed by atoms with Gasteiger partial charge in [0.05, 0.1) is 0 Å². The van der Waals surface area contributed by atoms with Gasteiger partial charge < -0.3 is 16.4 Å². The van der Waals surface area contributed by atoms with E-state index in [9.17, 15) is 4.79 Å². The van der Waals surface area contributed by atoms with Gasteiger partial charge in [0.1, 0.15) is 23.0 Å². The van der Waals surface area contributed by atoms with Gasteiger partial charge in [0, 0.05) is 19.0 Å². The number of rotatable bonds is 7. The van der Waals surface area contributed by atoms with E-state index in [2.05, 4.69) is 27.5 Å². The molecule has 0 saturated heterocycles. The summed E-state index contributed by atoms with van der Waals surface area (Å²) in [5, 5.41) is 6.26. The van der Waals surface area contributed by atoms with Gasteiger partial charge in [0.15, 0.2) is 0 Å². The highest BCUT2D eigenvalue weighted by Gasteiger charge is 2.25. The predicted molar refractivity (Wildman–Crippen MR) is 77.1 cm³/mol. The number of carbonyl (C=O) groups is 1. The summed E-state index contributed by atoms with van der Waals surface area (Å²) in [6, 6.07) is 1.79. The van der Waals surface area contributed by atoms with Crippen molar-refractivity contribution in [2.45, 2.75) is 46.1 Å². The minimum atomic E-state index is -0.846. The van der Waals surface area contributed by atoms with E-state index in [1.165, 1.54) is 0 Å². The predicted octanol–water partition coefficient (Wildman–Crippen LogP) is 1.54. The van der Waals surface area contributed by atoms with Crippen LogP contribution in [0.1, 0.15) is 39.9 Å². The maximum atomic E-state index is 11.3. The van der Waals surface area contributed by atoms with Crippen LogP contribution in [0.25, 0.3) is 0 Å². The van der Waals surface area contributed by atoms with Crippen LogP contribution in [0, 0.1) is 0 Å². The molecule has 0 aliphatic heterocycles. The lowest BCUT2D eigenvalue weighted by Crippen LogP contribution is -2.45. The number of nitrogens with two attached hydrogens (primary N) is 1. The molecule has 106 valence electrons. The molecular formula is C13H23N5O. The maximum absolute atomic E-state index is 11.3. The van der Waals surface area contributed by atoms with Crippen LogP contribution in [0.2, 0.25) is 0 Å². The lowest BCUT2D eigenvalue weighted by molar-refractivity contribution is -0.121. The van der Waals surface area contributed by atoms with E-state index in [4.69, 9.17) is 5.73 Å². The number of amides is 1. The van der Waals surface area contributed by atoms with Crippen LogP contribution < -0.4 is 16.4 Å². The average molecular weight is 265 g/mol. The molecule has 19 heavy (non-hydrogen) atoms. The van der Waals surface area contributed by atoms with E-state index >= 15 is 0 Å². The van der Waals surface area contributed by atoms with E-state index in [-0.39, 0.29) is 0 Å². The monoisotopic (exact) mass is 265 g/mol. The average Bonchev–Trinajstić information content (AvgIpc) is 2.35. The molecule has 6 heteroatoms. The zero-order chi connectivity index (χ0) is 14.5. The number of nitrogens with zero attached hydrogens (tertiary/aromatic N) is 2. The van der Waals surface area contributed by atoms with Gasteiger partial charge in [-0.25, -0.2) is 9.97 Å². The molecule has 0 radical (unpaired) electrons. The van der Waals surface area contributed by atoms with Crippen molar-refractivity contribution in [3.63, 3.8) is 0 Å². The molecule has 0 fully saturated rings. The van der Waals surface area contributed by atoms with Gasteiger partial charge in [-0.1, -0.05) is 13.8 Å². The van der Waals surface area contributed by atoms with Gasteiger partial charge in [-0.05, 0) is 20.3 Å². The quantitative estimate of drug-likeness (QED) is 0.695. The minimum absolute atomic E-state index is 0.424. The summed E-state index contributed by atoms with van der Waals surface area (Å²) in [6.45, 7) is 8.37. The van der Waals surface area contributed by atoms with Gasteiger partial charge in [-0.15, -0.1) is 0 Å². The standard InChI is InChI=1S/C13H23N5O/c1-5-7-15-10-8-11(17-9(6-2)16-10)18-13(3,4)12(14)19/h8H,5-7H2,1-4H3,(H2,14,19)(H2,15,16,17,18). The maximum Gasteiger partial charge on any atom is 0.242 e. The summed E-state index contributed by atoms with van der Waals surface area (Å²) in [5.74, 6) is 1.67. The third kappa shape index (κ3) is 4.39. The Labute approximate surface area is 114 Å². The molecule has 1 aromatic rings. The zero-order valence-corrected chi connectivity index (χ0v) is 12.1. The highest BCUT2D eigenvalue weighted by atomic mass is 16.1. The Kier molecular flexibility index (Phi) is 5.09. The Morgan fingerprint density at radius 2 is 1.95 bits per heavy atom. The van der Waals surface area contributed by atoms with Gasteiger partial charge in [-0.2, -0.15) is 0 Å². The summed E-state index contributed by atoms with van der Waals surface area (Å²) >= 11 is 0. The van der Waals surface area contributed by atoms with E-state index in [0.717, 1.165) is 31.0 Å². The zero-order valence-electron chi connectivity index (χ0n) is 12.1. The van der Waals surface area contributed by atoms with Crippen molar-refractivity contribution in [2.24, 2.45) is 5.73 Å². The molecule has 0 aliphatic carbocycles. The molecule has 1 rings (SSSR count). The Balaban J connectivity index is 2.96. The Morgan fingerprint density at radius 1 is 1.32 bits per heavy atom. The number of primary amides is 1. The van der Waals surface area contributed by atoms with Crippen LogP contribution in [-0.2, 0) is 11.2 Å². The molecule has 4 N–H and O–H groups in total. The molecule has 0 aliphatic rings. The van der Waals surface area contributed by atoms with Crippen LogP contribution >= 0.6 is 0 Å². The molecule has 6 nitrogen and oxygen atoms in total. The van der Waals surface area contributed by atoms with Crippen molar-refractivity contribution in [1.29, 1.82) is 0 Å². The first-order valence-corrected chi connectivity index (χ1v) is 6.59. The molecule has 1 heterocycles. The van der Waals surface area contributed by atoms with Crippen molar-refractivity contribution in [3.05, 3.63) is 11.9 Å². The number of carbonyl (C=O) groups excluding carboxylic acids is 1. The van der Waals surface area contributed by atoms with Crippen LogP contribution in [-0.4, -0.2) is 28.0 Å². The molecular weight excluding hydrogens is 242 g/mol. The van der Waals surface area contributed by atoms with Gasteiger partial charge in [0.25, 0.3) is 0 Å². The summed E-state index contributed by atoms with van der Waals surface area (Å²) in [7, 11) is 0. The van der Waals surface area contributed by atoms with E-state index in [1.54, 1.807) is 19.9 Å². The number of aryl methyl sites for hydroxylation is 1. The first-order chi connectivity index (χ1) is 8.89. The Morgan fingerprint density at radius 3 is 2.47 bits per heavy atom. The molecule has 1 aromatic heterocycles. The molecule has 0 spiro atoms. The second-order valence-corrected chi connectivity index (χ2v) is 4.95.